The second kappa shape index (κ2) is 4.70. The Hall–Kier alpha value is -1.68. The smallest absolute Gasteiger partial charge is 0.123 e. The highest BCUT2D eigenvalue weighted by Gasteiger charge is 2.27. The molecule has 0 atom stereocenters. The maximum atomic E-state index is 13.2. The molecule has 0 saturated carbocycles. The van der Waals surface area contributed by atoms with Crippen LogP contribution in [0.3, 0.4) is 0 Å². The van der Waals surface area contributed by atoms with Gasteiger partial charge in [0.2, 0.25) is 0 Å². The Balaban J connectivity index is 2.21. The zero-order chi connectivity index (χ0) is 14.3. The lowest BCUT2D eigenvalue weighted by molar-refractivity contribution is 0.533. The van der Waals surface area contributed by atoms with Gasteiger partial charge in [0.05, 0.1) is 5.69 Å². The molecule has 1 N–H and O–H groups in total. The molecule has 2 heterocycles. The summed E-state index contributed by atoms with van der Waals surface area (Å²) in [6.45, 7) is 8.26. The summed E-state index contributed by atoms with van der Waals surface area (Å²) in [4.78, 5) is 4.83. The van der Waals surface area contributed by atoms with E-state index in [0.29, 0.717) is 0 Å². The molecule has 3 nitrogen and oxygen atoms in total. The summed E-state index contributed by atoms with van der Waals surface area (Å²) >= 11 is 0. The van der Waals surface area contributed by atoms with Gasteiger partial charge in [0, 0.05) is 36.3 Å². The molecule has 0 fully saturated rings. The number of imidazole rings is 1. The van der Waals surface area contributed by atoms with Crippen molar-refractivity contribution < 1.29 is 4.39 Å². The van der Waals surface area contributed by atoms with E-state index in [-0.39, 0.29) is 11.2 Å². The first-order valence-corrected chi connectivity index (χ1v) is 7.04. The Morgan fingerprint density at radius 3 is 2.55 bits per heavy atom. The van der Waals surface area contributed by atoms with Crippen molar-refractivity contribution in [3.8, 4) is 5.69 Å². The summed E-state index contributed by atoms with van der Waals surface area (Å²) in [7, 11) is 0. The topological polar surface area (TPSA) is 29.9 Å². The van der Waals surface area contributed by atoms with E-state index in [0.717, 1.165) is 36.7 Å². The summed E-state index contributed by atoms with van der Waals surface area (Å²) in [5.74, 6) is 0.833. The Labute approximate surface area is 118 Å². The van der Waals surface area contributed by atoms with Gasteiger partial charge in [-0.2, -0.15) is 0 Å². The minimum atomic E-state index is -0.207. The van der Waals surface area contributed by atoms with Crippen LogP contribution in [-0.2, 0) is 18.4 Å². The molecule has 0 saturated heterocycles. The van der Waals surface area contributed by atoms with Crippen molar-refractivity contribution in [2.24, 2.45) is 0 Å². The number of hydrogen-bond acceptors (Lipinski definition) is 2. The van der Waals surface area contributed by atoms with E-state index in [1.807, 2.05) is 12.1 Å². The van der Waals surface area contributed by atoms with Crippen molar-refractivity contribution >= 4 is 0 Å². The van der Waals surface area contributed by atoms with Crippen LogP contribution in [0.4, 0.5) is 4.39 Å². The number of fused-ring (bicyclic) bond motifs is 1. The predicted molar refractivity (Wildman–Crippen MR) is 77.6 cm³/mol. The van der Waals surface area contributed by atoms with Crippen molar-refractivity contribution in [3.05, 3.63) is 47.3 Å². The van der Waals surface area contributed by atoms with Crippen LogP contribution in [0, 0.1) is 5.82 Å². The Morgan fingerprint density at radius 1 is 1.20 bits per heavy atom. The van der Waals surface area contributed by atoms with E-state index in [1.165, 1.54) is 17.8 Å². The summed E-state index contributed by atoms with van der Waals surface area (Å²) in [5.41, 5.74) is 3.31. The first-order valence-electron chi connectivity index (χ1n) is 7.04. The van der Waals surface area contributed by atoms with Crippen LogP contribution >= 0.6 is 0 Å². The Bertz CT molecular complexity index is 620. The van der Waals surface area contributed by atoms with Crippen LogP contribution in [0.5, 0.6) is 0 Å². The number of benzene rings is 1. The fourth-order valence-electron chi connectivity index (χ4n) is 2.68. The molecule has 0 radical (unpaired) electrons. The average molecular weight is 273 g/mol. The average Bonchev–Trinajstić information content (AvgIpc) is 2.79. The first kappa shape index (κ1) is 13.3. The molecule has 1 aromatic heterocycles. The Kier molecular flexibility index (Phi) is 3.13. The summed E-state index contributed by atoms with van der Waals surface area (Å²) in [6.07, 6.45) is 0.954. The number of hydrogen-bond donors (Lipinski definition) is 1. The van der Waals surface area contributed by atoms with E-state index in [9.17, 15) is 4.39 Å². The molecule has 1 aliphatic heterocycles. The van der Waals surface area contributed by atoms with E-state index in [2.05, 4.69) is 30.7 Å². The van der Waals surface area contributed by atoms with Crippen molar-refractivity contribution in [1.29, 1.82) is 0 Å². The minimum absolute atomic E-state index is 0.0499. The monoisotopic (exact) mass is 273 g/mol. The van der Waals surface area contributed by atoms with E-state index >= 15 is 0 Å². The third-order valence-electron chi connectivity index (χ3n) is 3.64. The number of nitrogens with one attached hydrogen (secondary N) is 1. The fourth-order valence-corrected chi connectivity index (χ4v) is 2.68. The molecule has 2 aromatic rings. The SMILES string of the molecule is CC(C)(C)c1nc2c(n1-c1ccc(F)cc1)CCNC2. The van der Waals surface area contributed by atoms with Crippen LogP contribution in [0.1, 0.15) is 38.0 Å². The van der Waals surface area contributed by atoms with Gasteiger partial charge in [-0.25, -0.2) is 9.37 Å². The predicted octanol–water partition coefficient (Wildman–Crippen LogP) is 2.95. The highest BCUT2D eigenvalue weighted by molar-refractivity contribution is 5.40. The van der Waals surface area contributed by atoms with Crippen LogP contribution in [0.25, 0.3) is 5.69 Å². The third kappa shape index (κ3) is 2.24. The van der Waals surface area contributed by atoms with Gasteiger partial charge in [0.15, 0.2) is 0 Å². The van der Waals surface area contributed by atoms with Crippen LogP contribution in [0.15, 0.2) is 24.3 Å². The van der Waals surface area contributed by atoms with Gasteiger partial charge in [0.1, 0.15) is 11.6 Å². The molecule has 0 spiro atoms. The third-order valence-corrected chi connectivity index (χ3v) is 3.64. The minimum Gasteiger partial charge on any atom is -0.311 e. The molecule has 1 aliphatic rings. The molecule has 3 rings (SSSR count). The lowest BCUT2D eigenvalue weighted by atomic mass is 9.95. The molecule has 1 aromatic carbocycles. The number of aromatic nitrogens is 2. The van der Waals surface area contributed by atoms with Gasteiger partial charge in [0.25, 0.3) is 0 Å². The molecule has 0 unspecified atom stereocenters. The number of halogens is 1. The van der Waals surface area contributed by atoms with Crippen LogP contribution in [-0.4, -0.2) is 16.1 Å². The molecule has 0 bridgehead atoms. The lowest BCUT2D eigenvalue weighted by Crippen LogP contribution is -2.25. The Morgan fingerprint density at radius 2 is 1.90 bits per heavy atom. The second-order valence-electron chi connectivity index (χ2n) is 6.32. The van der Waals surface area contributed by atoms with Gasteiger partial charge >= 0.3 is 0 Å². The van der Waals surface area contributed by atoms with Crippen molar-refractivity contribution in [2.75, 3.05) is 6.54 Å². The van der Waals surface area contributed by atoms with Gasteiger partial charge in [-0.1, -0.05) is 20.8 Å². The standard InChI is InChI=1S/C16H20FN3/c1-16(2,3)15-19-13-10-18-9-8-14(13)20(15)12-6-4-11(17)5-7-12/h4-7,18H,8-10H2,1-3H3. The van der Waals surface area contributed by atoms with Crippen molar-refractivity contribution in [3.63, 3.8) is 0 Å². The van der Waals surface area contributed by atoms with E-state index in [4.69, 9.17) is 4.98 Å². The van der Waals surface area contributed by atoms with Gasteiger partial charge < -0.3 is 5.32 Å². The number of rotatable bonds is 1. The molecule has 0 amide bonds. The maximum Gasteiger partial charge on any atom is 0.123 e. The van der Waals surface area contributed by atoms with Gasteiger partial charge in [-0.15, -0.1) is 0 Å². The highest BCUT2D eigenvalue weighted by atomic mass is 19.1. The van der Waals surface area contributed by atoms with Crippen molar-refractivity contribution in [2.45, 2.75) is 39.2 Å². The first-order chi connectivity index (χ1) is 9.47. The zero-order valence-electron chi connectivity index (χ0n) is 12.2. The molecular formula is C16H20FN3. The molecule has 4 heteroatoms. The molecule has 106 valence electrons. The maximum absolute atomic E-state index is 13.2. The lowest BCUT2D eigenvalue weighted by Gasteiger charge is -2.22. The van der Waals surface area contributed by atoms with Crippen molar-refractivity contribution in [1.82, 2.24) is 14.9 Å². The summed E-state index contributed by atoms with van der Waals surface area (Å²) in [6, 6.07) is 6.67. The van der Waals surface area contributed by atoms with E-state index < -0.39 is 0 Å². The zero-order valence-corrected chi connectivity index (χ0v) is 12.2. The largest absolute Gasteiger partial charge is 0.311 e. The van der Waals surface area contributed by atoms with Gasteiger partial charge in [-0.05, 0) is 24.3 Å². The molecule has 20 heavy (non-hydrogen) atoms. The number of nitrogens with zero attached hydrogens (tertiary/aromatic N) is 2. The summed E-state index contributed by atoms with van der Waals surface area (Å²) < 4.78 is 15.4. The fraction of sp³-hybridized carbons (Fsp3) is 0.438. The van der Waals surface area contributed by atoms with Crippen LogP contribution < -0.4 is 5.32 Å². The van der Waals surface area contributed by atoms with E-state index in [1.54, 1.807) is 0 Å². The normalized spacial score (nSPS) is 15.2. The molecule has 0 aliphatic carbocycles. The highest BCUT2D eigenvalue weighted by Crippen LogP contribution is 2.29. The molecular weight excluding hydrogens is 253 g/mol. The quantitative estimate of drug-likeness (QED) is 0.865. The van der Waals surface area contributed by atoms with Crippen LogP contribution in [0.2, 0.25) is 0 Å². The summed E-state index contributed by atoms with van der Waals surface area (Å²) in [5, 5.41) is 3.36. The second-order valence-corrected chi connectivity index (χ2v) is 6.32. The van der Waals surface area contributed by atoms with Gasteiger partial charge in [-0.3, -0.25) is 4.57 Å².